The number of hydrogen-bond donors (Lipinski definition) is 1. The Morgan fingerprint density at radius 2 is 2.17 bits per heavy atom. The molecule has 0 bridgehead atoms. The van der Waals surface area contributed by atoms with E-state index in [0.29, 0.717) is 28.7 Å². The van der Waals surface area contributed by atoms with Crippen molar-refractivity contribution in [2.24, 2.45) is 0 Å². The molecule has 9 heteroatoms. The van der Waals surface area contributed by atoms with Crippen LogP contribution in [0.4, 0.5) is 5.13 Å². The molecule has 0 saturated carbocycles. The van der Waals surface area contributed by atoms with E-state index in [9.17, 15) is 9.59 Å². The van der Waals surface area contributed by atoms with E-state index < -0.39 is 0 Å². The molecule has 3 aromatic rings. The lowest BCUT2D eigenvalue weighted by Crippen LogP contribution is -2.41. The zero-order chi connectivity index (χ0) is 20.4. The highest BCUT2D eigenvalue weighted by Gasteiger charge is 2.30. The van der Waals surface area contributed by atoms with E-state index in [-0.39, 0.29) is 24.3 Å². The van der Waals surface area contributed by atoms with E-state index in [1.165, 1.54) is 17.6 Å². The number of carbonyl (C=O) groups is 2. The summed E-state index contributed by atoms with van der Waals surface area (Å²) < 4.78 is 10.9. The predicted octanol–water partition coefficient (Wildman–Crippen LogP) is 4.06. The third-order valence-corrected chi connectivity index (χ3v) is 6.58. The second-order valence-corrected chi connectivity index (χ2v) is 8.80. The first-order chi connectivity index (χ1) is 14.0. The number of amides is 2. The largest absolute Gasteiger partial charge is 0.469 e. The Morgan fingerprint density at radius 1 is 1.31 bits per heavy atom. The minimum Gasteiger partial charge on any atom is -0.469 e. The summed E-state index contributed by atoms with van der Waals surface area (Å²) in [6.45, 7) is 4.32. The number of anilines is 1. The lowest BCUT2D eigenvalue weighted by atomic mass is 10.2. The number of hydrogen-bond acceptors (Lipinski definition) is 7. The number of aromatic nitrogens is 1. The third-order valence-electron chi connectivity index (χ3n) is 4.75. The Hall–Kier alpha value is -2.52. The fourth-order valence-corrected chi connectivity index (χ4v) is 5.02. The molecule has 2 amide bonds. The molecule has 1 saturated heterocycles. The van der Waals surface area contributed by atoms with Gasteiger partial charge in [0.15, 0.2) is 5.13 Å². The van der Waals surface area contributed by atoms with Gasteiger partial charge in [-0.15, -0.1) is 11.3 Å². The van der Waals surface area contributed by atoms with Gasteiger partial charge in [0, 0.05) is 23.4 Å². The first-order valence-electron chi connectivity index (χ1n) is 9.24. The first kappa shape index (κ1) is 19.8. The molecule has 1 fully saturated rings. The molecule has 4 rings (SSSR count). The van der Waals surface area contributed by atoms with Crippen LogP contribution < -0.4 is 5.32 Å². The van der Waals surface area contributed by atoms with Gasteiger partial charge in [-0.25, -0.2) is 4.98 Å². The zero-order valence-electron chi connectivity index (χ0n) is 16.1. The number of thioether (sulfide) groups is 1. The van der Waals surface area contributed by atoms with Crippen molar-refractivity contribution in [1.29, 1.82) is 0 Å². The van der Waals surface area contributed by atoms with Gasteiger partial charge in [0.25, 0.3) is 5.91 Å². The summed E-state index contributed by atoms with van der Waals surface area (Å²) in [6, 6.07) is 5.43. The number of nitrogens with one attached hydrogen (secondary N) is 1. The van der Waals surface area contributed by atoms with Crippen LogP contribution in [0.15, 0.2) is 38.7 Å². The number of thiazole rings is 1. The lowest BCUT2D eigenvalue weighted by molar-refractivity contribution is -0.132. The van der Waals surface area contributed by atoms with Gasteiger partial charge in [-0.2, -0.15) is 11.8 Å². The maximum absolute atomic E-state index is 13.0. The third kappa shape index (κ3) is 4.40. The zero-order valence-corrected chi connectivity index (χ0v) is 17.8. The SMILES string of the molecule is Cc1ccc(C2CSCCN2C(=O)Cc2csc(NC(=O)c3ccoc3C)n2)o1. The molecule has 1 N–H and O–H groups in total. The van der Waals surface area contributed by atoms with Crippen LogP contribution >= 0.6 is 23.1 Å². The molecule has 29 heavy (non-hydrogen) atoms. The second-order valence-electron chi connectivity index (χ2n) is 6.79. The van der Waals surface area contributed by atoms with Gasteiger partial charge in [-0.05, 0) is 32.0 Å². The van der Waals surface area contributed by atoms with E-state index >= 15 is 0 Å². The standard InChI is InChI=1S/C20H21N3O4S2/c1-12-3-4-17(27-12)16-11-28-8-6-23(16)18(24)9-14-10-29-20(21-14)22-19(25)15-5-7-26-13(15)2/h3-5,7,10,16H,6,8-9,11H2,1-2H3,(H,21,22,25). The summed E-state index contributed by atoms with van der Waals surface area (Å²) in [4.78, 5) is 31.5. The summed E-state index contributed by atoms with van der Waals surface area (Å²) in [5, 5.41) is 5.03. The number of nitrogens with zero attached hydrogens (tertiary/aromatic N) is 2. The van der Waals surface area contributed by atoms with Crippen LogP contribution in [0.25, 0.3) is 0 Å². The quantitative estimate of drug-likeness (QED) is 0.655. The first-order valence-corrected chi connectivity index (χ1v) is 11.3. The smallest absolute Gasteiger partial charge is 0.260 e. The Morgan fingerprint density at radius 3 is 2.90 bits per heavy atom. The molecule has 152 valence electrons. The van der Waals surface area contributed by atoms with E-state index in [2.05, 4.69) is 10.3 Å². The molecule has 3 aromatic heterocycles. The van der Waals surface area contributed by atoms with Crippen LogP contribution in [0.2, 0.25) is 0 Å². The van der Waals surface area contributed by atoms with Gasteiger partial charge in [0.05, 0.1) is 30.0 Å². The van der Waals surface area contributed by atoms with Crippen molar-refractivity contribution in [1.82, 2.24) is 9.88 Å². The summed E-state index contributed by atoms with van der Waals surface area (Å²) in [5.41, 5.74) is 1.12. The molecule has 0 aliphatic carbocycles. The Kier molecular flexibility index (Phi) is 5.77. The molecule has 1 atom stereocenters. The molecular weight excluding hydrogens is 410 g/mol. The molecule has 0 aromatic carbocycles. The van der Waals surface area contributed by atoms with Crippen LogP contribution in [0, 0.1) is 13.8 Å². The van der Waals surface area contributed by atoms with Crippen LogP contribution in [-0.2, 0) is 11.2 Å². The average molecular weight is 432 g/mol. The molecular formula is C20H21N3O4S2. The van der Waals surface area contributed by atoms with Crippen molar-refractivity contribution in [2.45, 2.75) is 26.3 Å². The fraction of sp³-hybridized carbons (Fsp3) is 0.350. The second kappa shape index (κ2) is 8.46. The maximum atomic E-state index is 13.0. The Labute approximate surface area is 176 Å². The van der Waals surface area contributed by atoms with Gasteiger partial charge >= 0.3 is 0 Å². The fourth-order valence-electron chi connectivity index (χ4n) is 3.26. The monoisotopic (exact) mass is 431 g/mol. The molecule has 1 aliphatic heterocycles. The van der Waals surface area contributed by atoms with Crippen LogP contribution in [0.3, 0.4) is 0 Å². The molecule has 0 radical (unpaired) electrons. The summed E-state index contributed by atoms with van der Waals surface area (Å²) >= 11 is 3.13. The van der Waals surface area contributed by atoms with Crippen molar-refractivity contribution in [2.75, 3.05) is 23.4 Å². The summed E-state index contributed by atoms with van der Waals surface area (Å²) in [6.07, 6.45) is 1.67. The van der Waals surface area contributed by atoms with E-state index in [0.717, 1.165) is 23.0 Å². The highest BCUT2D eigenvalue weighted by molar-refractivity contribution is 7.99. The van der Waals surface area contributed by atoms with Crippen molar-refractivity contribution in [3.05, 3.63) is 58.4 Å². The average Bonchev–Trinajstić information content (AvgIpc) is 3.43. The van der Waals surface area contributed by atoms with Crippen LogP contribution in [0.1, 0.15) is 39.4 Å². The van der Waals surface area contributed by atoms with Crippen LogP contribution in [-0.4, -0.2) is 39.7 Å². The Balaban J connectivity index is 1.41. The lowest BCUT2D eigenvalue weighted by Gasteiger charge is -2.34. The Bertz CT molecular complexity index is 1020. The minimum atomic E-state index is -0.273. The maximum Gasteiger partial charge on any atom is 0.260 e. The molecule has 0 spiro atoms. The van der Waals surface area contributed by atoms with Crippen molar-refractivity contribution < 1.29 is 18.4 Å². The van der Waals surface area contributed by atoms with Gasteiger partial charge in [0.1, 0.15) is 17.3 Å². The van der Waals surface area contributed by atoms with Crippen molar-refractivity contribution in [3.63, 3.8) is 0 Å². The van der Waals surface area contributed by atoms with Gasteiger partial charge in [0.2, 0.25) is 5.91 Å². The summed E-state index contributed by atoms with van der Waals surface area (Å²) in [5.74, 6) is 3.69. The molecule has 1 aliphatic rings. The number of aryl methyl sites for hydroxylation is 2. The summed E-state index contributed by atoms with van der Waals surface area (Å²) in [7, 11) is 0. The number of furan rings is 2. The number of rotatable bonds is 5. The molecule has 7 nitrogen and oxygen atoms in total. The number of carbonyl (C=O) groups excluding carboxylic acids is 2. The van der Waals surface area contributed by atoms with Gasteiger partial charge in [-0.3, -0.25) is 14.9 Å². The molecule has 4 heterocycles. The minimum absolute atomic E-state index is 0.0122. The predicted molar refractivity (Wildman–Crippen MR) is 112 cm³/mol. The van der Waals surface area contributed by atoms with Gasteiger partial charge in [-0.1, -0.05) is 0 Å². The van der Waals surface area contributed by atoms with E-state index in [1.807, 2.05) is 35.7 Å². The normalized spacial score (nSPS) is 16.8. The topological polar surface area (TPSA) is 88.6 Å². The molecule has 1 unspecified atom stereocenters. The highest BCUT2D eigenvalue weighted by Crippen LogP contribution is 2.31. The van der Waals surface area contributed by atoms with Crippen molar-refractivity contribution >= 4 is 40.0 Å². The van der Waals surface area contributed by atoms with Crippen molar-refractivity contribution in [3.8, 4) is 0 Å². The van der Waals surface area contributed by atoms with Gasteiger partial charge < -0.3 is 13.7 Å². The highest BCUT2D eigenvalue weighted by atomic mass is 32.2. The van der Waals surface area contributed by atoms with Crippen LogP contribution in [0.5, 0.6) is 0 Å². The van der Waals surface area contributed by atoms with E-state index in [1.54, 1.807) is 18.4 Å². The van der Waals surface area contributed by atoms with E-state index in [4.69, 9.17) is 8.83 Å².